The number of aliphatic carboxylic acids is 1. The highest BCUT2D eigenvalue weighted by Crippen LogP contribution is 2.38. The summed E-state index contributed by atoms with van der Waals surface area (Å²) in [6, 6.07) is 5.29. The molecule has 0 radical (unpaired) electrons. The summed E-state index contributed by atoms with van der Waals surface area (Å²) in [6.45, 7) is 4.00. The molecule has 0 aromatic heterocycles. The fourth-order valence-corrected chi connectivity index (χ4v) is 3.79. The van der Waals surface area contributed by atoms with Gasteiger partial charge in [0.25, 0.3) is 5.24 Å². The minimum atomic E-state index is -1.10. The van der Waals surface area contributed by atoms with E-state index in [9.17, 15) is 14.7 Å². The van der Waals surface area contributed by atoms with Crippen LogP contribution in [0.5, 0.6) is 0 Å². The number of thioether (sulfide) groups is 1. The number of rotatable bonds is 4. The first-order chi connectivity index (χ1) is 11.0. The lowest BCUT2D eigenvalue weighted by Crippen LogP contribution is -2.14. The van der Waals surface area contributed by atoms with E-state index in [1.807, 2.05) is 19.9 Å². The lowest BCUT2D eigenvalue weighted by atomic mass is 9.84. The number of benzene rings is 1. The number of amides is 1. The van der Waals surface area contributed by atoms with Gasteiger partial charge in [0, 0.05) is 5.02 Å². The third-order valence-corrected chi connectivity index (χ3v) is 5.10. The van der Waals surface area contributed by atoms with Crippen molar-refractivity contribution in [2.75, 3.05) is 0 Å². The highest BCUT2D eigenvalue weighted by Gasteiger charge is 2.25. The van der Waals surface area contributed by atoms with Gasteiger partial charge in [0.2, 0.25) is 0 Å². The second-order valence-electron chi connectivity index (χ2n) is 5.27. The zero-order valence-electron chi connectivity index (χ0n) is 13.5. The maximum absolute atomic E-state index is 11.3. The van der Waals surface area contributed by atoms with Gasteiger partial charge in [-0.15, -0.1) is 0 Å². The molecule has 1 fully saturated rings. The van der Waals surface area contributed by atoms with Crippen molar-refractivity contribution in [3.8, 4) is 0 Å². The number of carboxylic acid groups (broad SMARTS) is 1. The van der Waals surface area contributed by atoms with Crippen molar-refractivity contribution in [2.45, 2.75) is 57.1 Å². The van der Waals surface area contributed by atoms with E-state index in [-0.39, 0.29) is 0 Å². The van der Waals surface area contributed by atoms with E-state index in [0.29, 0.717) is 28.3 Å². The summed E-state index contributed by atoms with van der Waals surface area (Å²) >= 11 is 6.92. The third-order valence-electron chi connectivity index (χ3n) is 3.83. The number of carbonyl (C=O) groups is 2. The van der Waals surface area contributed by atoms with Crippen LogP contribution in [0.4, 0.5) is 4.79 Å². The maximum atomic E-state index is 11.3. The molecule has 0 bridgehead atoms. The Morgan fingerprint density at radius 2 is 1.87 bits per heavy atom. The molecule has 0 aliphatic heterocycles. The number of hydrogen-bond donors (Lipinski definition) is 2. The van der Waals surface area contributed by atoms with Crippen molar-refractivity contribution in [1.29, 1.82) is 0 Å². The molecular weight excluding hydrogens is 334 g/mol. The van der Waals surface area contributed by atoms with E-state index in [1.165, 1.54) is 19.3 Å². The van der Waals surface area contributed by atoms with Crippen LogP contribution < -0.4 is 5.73 Å². The van der Waals surface area contributed by atoms with Crippen LogP contribution in [0, 0.1) is 0 Å². The zero-order chi connectivity index (χ0) is 17.4. The normalized spacial score (nSPS) is 16.1. The second-order valence-corrected chi connectivity index (χ2v) is 6.79. The molecule has 0 saturated heterocycles. The first-order valence-corrected chi connectivity index (χ1v) is 9.23. The van der Waals surface area contributed by atoms with Crippen molar-refractivity contribution in [2.24, 2.45) is 5.73 Å². The van der Waals surface area contributed by atoms with Crippen LogP contribution >= 0.6 is 23.4 Å². The van der Waals surface area contributed by atoms with Gasteiger partial charge in [-0.05, 0) is 47.7 Å². The number of nitrogens with two attached hydrogens (primary N) is 1. The van der Waals surface area contributed by atoms with E-state index >= 15 is 0 Å². The van der Waals surface area contributed by atoms with Crippen molar-refractivity contribution in [1.82, 2.24) is 0 Å². The van der Waals surface area contributed by atoms with Crippen LogP contribution in [0.15, 0.2) is 18.2 Å². The van der Waals surface area contributed by atoms with Crippen molar-refractivity contribution in [3.63, 3.8) is 0 Å². The first kappa shape index (κ1) is 19.8. The fraction of sp³-hybridized carbons (Fsp3) is 0.529. The zero-order valence-corrected chi connectivity index (χ0v) is 15.1. The summed E-state index contributed by atoms with van der Waals surface area (Å²) in [6.07, 6.45) is 5.92. The van der Waals surface area contributed by atoms with Gasteiger partial charge in [-0.1, -0.05) is 56.8 Å². The Morgan fingerprint density at radius 3 is 2.35 bits per heavy atom. The van der Waals surface area contributed by atoms with E-state index < -0.39 is 16.5 Å². The number of primary amides is 1. The van der Waals surface area contributed by atoms with Gasteiger partial charge >= 0.3 is 5.97 Å². The molecule has 2 rings (SSSR count). The van der Waals surface area contributed by atoms with E-state index in [2.05, 4.69) is 0 Å². The predicted octanol–water partition coefficient (Wildman–Crippen LogP) is 5.35. The summed E-state index contributed by atoms with van der Waals surface area (Å²) in [5, 5.41) is 8.07. The highest BCUT2D eigenvalue weighted by atomic mass is 35.5. The van der Waals surface area contributed by atoms with Gasteiger partial charge in [0.1, 0.15) is 5.25 Å². The molecule has 1 aliphatic rings. The number of halogens is 1. The lowest BCUT2D eigenvalue weighted by molar-refractivity contribution is -0.136. The number of carbonyl (C=O) groups excluding carboxylic acids is 1. The molecule has 0 heterocycles. The standard InChI is InChI=1S/C15H18ClNO3S.C2H6/c16-12-8-10(13(14(18)19)21-15(17)20)6-7-11(12)9-4-2-1-3-5-9;1-2/h6-9,13H,1-5H2,(H2,17,20)(H,18,19);1-2H3. The predicted molar refractivity (Wildman–Crippen MR) is 96.2 cm³/mol. The first-order valence-electron chi connectivity index (χ1n) is 7.97. The van der Waals surface area contributed by atoms with E-state index in [0.717, 1.165) is 18.4 Å². The molecule has 23 heavy (non-hydrogen) atoms. The molecular formula is C17H24ClNO3S. The Bertz CT molecular complexity index is 545. The summed E-state index contributed by atoms with van der Waals surface area (Å²) in [4.78, 5) is 22.2. The molecule has 1 amide bonds. The summed E-state index contributed by atoms with van der Waals surface area (Å²) in [7, 11) is 0. The van der Waals surface area contributed by atoms with Crippen molar-refractivity contribution < 1.29 is 14.7 Å². The van der Waals surface area contributed by atoms with Crippen LogP contribution in [0.3, 0.4) is 0 Å². The van der Waals surface area contributed by atoms with Crippen LogP contribution in [-0.2, 0) is 4.79 Å². The van der Waals surface area contributed by atoms with Crippen LogP contribution in [-0.4, -0.2) is 16.3 Å². The largest absolute Gasteiger partial charge is 0.480 e. The van der Waals surface area contributed by atoms with Gasteiger partial charge in [-0.2, -0.15) is 0 Å². The van der Waals surface area contributed by atoms with Crippen molar-refractivity contribution >= 4 is 34.6 Å². The van der Waals surface area contributed by atoms with Gasteiger partial charge in [0.15, 0.2) is 0 Å². The Morgan fingerprint density at radius 1 is 1.26 bits per heavy atom. The van der Waals surface area contributed by atoms with Crippen molar-refractivity contribution in [3.05, 3.63) is 34.3 Å². The van der Waals surface area contributed by atoms with Gasteiger partial charge in [-0.25, -0.2) is 0 Å². The van der Waals surface area contributed by atoms with Gasteiger partial charge < -0.3 is 10.8 Å². The molecule has 128 valence electrons. The smallest absolute Gasteiger partial charge is 0.321 e. The number of hydrogen-bond acceptors (Lipinski definition) is 3. The molecule has 1 aromatic rings. The maximum Gasteiger partial charge on any atom is 0.321 e. The molecule has 1 saturated carbocycles. The lowest BCUT2D eigenvalue weighted by Gasteiger charge is -2.23. The Labute approximate surface area is 146 Å². The Hall–Kier alpha value is -1.20. The average molecular weight is 358 g/mol. The van der Waals surface area contributed by atoms with E-state index in [1.54, 1.807) is 12.1 Å². The van der Waals surface area contributed by atoms with Gasteiger partial charge in [-0.3, -0.25) is 9.59 Å². The summed E-state index contributed by atoms with van der Waals surface area (Å²) in [5.41, 5.74) is 6.65. The van der Waals surface area contributed by atoms with Crippen LogP contribution in [0.1, 0.15) is 68.2 Å². The Kier molecular flexibility index (Phi) is 8.48. The fourth-order valence-electron chi connectivity index (χ4n) is 2.83. The summed E-state index contributed by atoms with van der Waals surface area (Å²) < 4.78 is 0. The third kappa shape index (κ3) is 5.74. The van der Waals surface area contributed by atoms with E-state index in [4.69, 9.17) is 17.3 Å². The monoisotopic (exact) mass is 357 g/mol. The number of carboxylic acids is 1. The molecule has 1 atom stereocenters. The SMILES string of the molecule is CC.NC(=O)SC(C(=O)O)c1ccc(C2CCCCC2)c(Cl)c1. The average Bonchev–Trinajstić information content (AvgIpc) is 2.55. The second kappa shape index (κ2) is 9.83. The molecule has 4 nitrogen and oxygen atoms in total. The minimum absolute atomic E-state index is 0.451. The molecule has 1 unspecified atom stereocenters. The molecule has 6 heteroatoms. The molecule has 0 spiro atoms. The Balaban J connectivity index is 0.00000127. The molecule has 3 N–H and O–H groups in total. The minimum Gasteiger partial charge on any atom is -0.480 e. The quantitative estimate of drug-likeness (QED) is 0.760. The molecule has 1 aromatic carbocycles. The summed E-state index contributed by atoms with van der Waals surface area (Å²) in [5.74, 6) is -0.646. The molecule has 1 aliphatic carbocycles. The van der Waals surface area contributed by atoms with Gasteiger partial charge in [0.05, 0.1) is 0 Å². The van der Waals surface area contributed by atoms with Crippen LogP contribution in [0.2, 0.25) is 5.02 Å². The highest BCUT2D eigenvalue weighted by molar-refractivity contribution is 8.14. The van der Waals surface area contributed by atoms with Crippen LogP contribution in [0.25, 0.3) is 0 Å². The topological polar surface area (TPSA) is 80.4 Å².